The highest BCUT2D eigenvalue weighted by Gasteiger charge is 2.30. The summed E-state index contributed by atoms with van der Waals surface area (Å²) in [5.74, 6) is 1.64. The fourth-order valence-corrected chi connectivity index (χ4v) is 4.23. The minimum Gasteiger partial charge on any atom is -0.487 e. The zero-order valence-electron chi connectivity index (χ0n) is 16.3. The van der Waals surface area contributed by atoms with E-state index >= 15 is 0 Å². The van der Waals surface area contributed by atoms with Gasteiger partial charge < -0.3 is 15.0 Å². The van der Waals surface area contributed by atoms with Gasteiger partial charge in [0.1, 0.15) is 11.9 Å². The van der Waals surface area contributed by atoms with Crippen molar-refractivity contribution in [3.8, 4) is 5.75 Å². The maximum Gasteiger partial charge on any atom is 0.227 e. The molecule has 1 saturated carbocycles. The van der Waals surface area contributed by atoms with E-state index in [1.165, 1.54) is 6.42 Å². The summed E-state index contributed by atoms with van der Waals surface area (Å²) in [5.41, 5.74) is 0.681. The van der Waals surface area contributed by atoms with Crippen LogP contribution in [-0.2, 0) is 9.59 Å². The van der Waals surface area contributed by atoms with Crippen molar-refractivity contribution < 1.29 is 14.3 Å². The summed E-state index contributed by atoms with van der Waals surface area (Å²) in [5, 5.41) is 3.70. The Kier molecular flexibility index (Phi) is 6.30. The molecule has 2 aliphatic rings. The maximum absolute atomic E-state index is 12.8. The van der Waals surface area contributed by atoms with Crippen LogP contribution in [-0.4, -0.2) is 30.5 Å². The number of nitrogens with zero attached hydrogens (tertiary/aromatic N) is 1. The topological polar surface area (TPSA) is 58.6 Å². The number of rotatable bonds is 4. The zero-order chi connectivity index (χ0) is 19.6. The number of ether oxygens (including phenoxy) is 1. The Balaban J connectivity index is 1.58. The van der Waals surface area contributed by atoms with Crippen molar-refractivity contribution in [1.82, 2.24) is 5.32 Å². The number of anilines is 1. The summed E-state index contributed by atoms with van der Waals surface area (Å²) in [6, 6.07) is 5.50. The van der Waals surface area contributed by atoms with Crippen molar-refractivity contribution in [1.29, 1.82) is 0 Å². The molecule has 1 N–H and O–H groups in total. The van der Waals surface area contributed by atoms with Crippen LogP contribution in [0.5, 0.6) is 5.75 Å². The standard InChI is InChI=1S/C21H29ClN2O3/c1-13-5-4-6-17(15(13)3)23-20(25)9-10-21(26)24-12-14(2)27-19-8-7-16(22)11-18(19)24/h7-8,11,13-15,17H,4-6,9-10,12H2,1-3H3,(H,23,25)/t13-,14-,15-,17-/m1/s1. The lowest BCUT2D eigenvalue weighted by atomic mass is 9.78. The number of hydrogen-bond donors (Lipinski definition) is 1. The highest BCUT2D eigenvalue weighted by atomic mass is 35.5. The molecule has 1 heterocycles. The van der Waals surface area contributed by atoms with Gasteiger partial charge in [-0.3, -0.25) is 9.59 Å². The molecule has 0 saturated heterocycles. The Morgan fingerprint density at radius 2 is 2.00 bits per heavy atom. The Morgan fingerprint density at radius 1 is 1.22 bits per heavy atom. The summed E-state index contributed by atoms with van der Waals surface area (Å²) in [4.78, 5) is 26.9. The molecule has 4 atom stereocenters. The van der Waals surface area contributed by atoms with Gasteiger partial charge in [0.25, 0.3) is 0 Å². The smallest absolute Gasteiger partial charge is 0.227 e. The average molecular weight is 393 g/mol. The van der Waals surface area contributed by atoms with Gasteiger partial charge in [-0.15, -0.1) is 0 Å². The zero-order valence-corrected chi connectivity index (χ0v) is 17.1. The molecule has 0 aromatic heterocycles. The monoisotopic (exact) mass is 392 g/mol. The number of nitrogens with one attached hydrogen (secondary N) is 1. The number of benzene rings is 1. The van der Waals surface area contributed by atoms with Crippen molar-refractivity contribution >= 4 is 29.1 Å². The van der Waals surface area contributed by atoms with Crippen molar-refractivity contribution in [2.75, 3.05) is 11.4 Å². The summed E-state index contributed by atoms with van der Waals surface area (Å²) >= 11 is 6.09. The first-order chi connectivity index (χ1) is 12.8. The maximum atomic E-state index is 12.8. The predicted molar refractivity (Wildman–Crippen MR) is 107 cm³/mol. The molecule has 148 valence electrons. The average Bonchev–Trinajstić information content (AvgIpc) is 2.63. The number of carbonyl (C=O) groups excluding carboxylic acids is 2. The van der Waals surface area contributed by atoms with Gasteiger partial charge in [0.05, 0.1) is 12.2 Å². The molecular weight excluding hydrogens is 364 g/mol. The van der Waals surface area contributed by atoms with Gasteiger partial charge in [-0.1, -0.05) is 38.3 Å². The van der Waals surface area contributed by atoms with Crippen LogP contribution >= 0.6 is 11.6 Å². The molecule has 0 unspecified atom stereocenters. The number of amides is 2. The van der Waals surface area contributed by atoms with Gasteiger partial charge in [-0.25, -0.2) is 0 Å². The van der Waals surface area contributed by atoms with Gasteiger partial charge in [-0.05, 0) is 43.4 Å². The van der Waals surface area contributed by atoms with E-state index in [9.17, 15) is 9.59 Å². The van der Waals surface area contributed by atoms with E-state index in [2.05, 4.69) is 19.2 Å². The number of carbonyl (C=O) groups is 2. The third-order valence-corrected chi connectivity index (χ3v) is 6.13. The SMILES string of the molecule is C[C@@H]1[C@H](C)CCC[C@H]1NC(=O)CCC(=O)N1C[C@@H](C)Oc2ccc(Cl)cc21. The Labute approximate surface area is 166 Å². The quantitative estimate of drug-likeness (QED) is 0.836. The molecule has 1 aliphatic heterocycles. The minimum atomic E-state index is -0.0963. The molecule has 6 heteroatoms. The Bertz CT molecular complexity index is 709. The van der Waals surface area contributed by atoms with Gasteiger partial charge in [0, 0.05) is 23.9 Å². The van der Waals surface area contributed by atoms with Crippen LogP contribution < -0.4 is 15.0 Å². The second kappa shape index (κ2) is 8.51. The first kappa shape index (κ1) is 20.0. The number of fused-ring (bicyclic) bond motifs is 1. The molecule has 2 amide bonds. The predicted octanol–water partition coefficient (Wildman–Crippen LogP) is 4.18. The lowest BCUT2D eigenvalue weighted by Crippen LogP contribution is -2.45. The molecule has 1 aliphatic carbocycles. The summed E-state index contributed by atoms with van der Waals surface area (Å²) in [6.45, 7) is 6.84. The van der Waals surface area contributed by atoms with Crippen molar-refractivity contribution in [2.24, 2.45) is 11.8 Å². The first-order valence-corrected chi connectivity index (χ1v) is 10.3. The second-order valence-corrected chi connectivity index (χ2v) is 8.42. The van der Waals surface area contributed by atoms with Gasteiger partial charge in [-0.2, -0.15) is 0 Å². The van der Waals surface area contributed by atoms with E-state index < -0.39 is 0 Å². The van der Waals surface area contributed by atoms with E-state index in [1.54, 1.807) is 23.1 Å². The summed E-state index contributed by atoms with van der Waals surface area (Å²) in [6.07, 6.45) is 3.69. The Morgan fingerprint density at radius 3 is 2.78 bits per heavy atom. The third-order valence-electron chi connectivity index (χ3n) is 5.90. The lowest BCUT2D eigenvalue weighted by molar-refractivity contribution is -0.126. The minimum absolute atomic E-state index is 0.0399. The van der Waals surface area contributed by atoms with Crippen LogP contribution in [0.25, 0.3) is 0 Å². The molecule has 27 heavy (non-hydrogen) atoms. The van der Waals surface area contributed by atoms with E-state index in [-0.39, 0.29) is 36.8 Å². The highest BCUT2D eigenvalue weighted by molar-refractivity contribution is 6.31. The molecule has 1 aromatic rings. The van der Waals surface area contributed by atoms with E-state index in [0.29, 0.717) is 34.8 Å². The fraction of sp³-hybridized carbons (Fsp3) is 0.619. The van der Waals surface area contributed by atoms with Crippen LogP contribution in [0.3, 0.4) is 0 Å². The van der Waals surface area contributed by atoms with Gasteiger partial charge >= 0.3 is 0 Å². The molecule has 0 spiro atoms. The molecule has 0 bridgehead atoms. The number of hydrogen-bond acceptors (Lipinski definition) is 3. The molecule has 1 fully saturated rings. The lowest BCUT2D eigenvalue weighted by Gasteiger charge is -2.35. The second-order valence-electron chi connectivity index (χ2n) is 7.99. The number of halogens is 1. The third kappa shape index (κ3) is 4.75. The van der Waals surface area contributed by atoms with Crippen LogP contribution in [0.4, 0.5) is 5.69 Å². The highest BCUT2D eigenvalue weighted by Crippen LogP contribution is 2.36. The molecule has 5 nitrogen and oxygen atoms in total. The van der Waals surface area contributed by atoms with E-state index in [1.807, 2.05) is 6.92 Å². The molecule has 1 aromatic carbocycles. The van der Waals surface area contributed by atoms with E-state index in [0.717, 1.165) is 12.8 Å². The first-order valence-electron chi connectivity index (χ1n) is 9.91. The molecule has 0 radical (unpaired) electrons. The van der Waals surface area contributed by atoms with Crippen molar-refractivity contribution in [3.05, 3.63) is 23.2 Å². The normalized spacial score (nSPS) is 27.5. The van der Waals surface area contributed by atoms with Crippen LogP contribution in [0, 0.1) is 11.8 Å². The summed E-state index contributed by atoms with van der Waals surface area (Å²) in [7, 11) is 0. The van der Waals surface area contributed by atoms with E-state index in [4.69, 9.17) is 16.3 Å². The van der Waals surface area contributed by atoms with Crippen LogP contribution in [0.1, 0.15) is 52.9 Å². The van der Waals surface area contributed by atoms with Gasteiger partial charge in [0.15, 0.2) is 0 Å². The fourth-order valence-electron chi connectivity index (χ4n) is 4.07. The molecule has 3 rings (SSSR count). The van der Waals surface area contributed by atoms with Crippen LogP contribution in [0.2, 0.25) is 5.02 Å². The van der Waals surface area contributed by atoms with Crippen molar-refractivity contribution in [2.45, 2.75) is 65.0 Å². The Hall–Kier alpha value is -1.75. The van der Waals surface area contributed by atoms with Gasteiger partial charge in [0.2, 0.25) is 11.8 Å². The summed E-state index contributed by atoms with van der Waals surface area (Å²) < 4.78 is 5.78. The molecular formula is C21H29ClN2O3. The van der Waals surface area contributed by atoms with Crippen LogP contribution in [0.15, 0.2) is 18.2 Å². The van der Waals surface area contributed by atoms with Crippen molar-refractivity contribution in [3.63, 3.8) is 0 Å². The largest absolute Gasteiger partial charge is 0.487 e.